The molecule has 0 aliphatic heterocycles. The fourth-order valence-corrected chi connectivity index (χ4v) is 4.74. The van der Waals surface area contributed by atoms with Gasteiger partial charge in [-0.2, -0.15) is 0 Å². The van der Waals surface area contributed by atoms with Gasteiger partial charge < -0.3 is 10.1 Å². The van der Waals surface area contributed by atoms with Gasteiger partial charge in [0.2, 0.25) is 5.91 Å². The second kappa shape index (κ2) is 8.69. The summed E-state index contributed by atoms with van der Waals surface area (Å²) in [6.45, 7) is -0.175. The second-order valence-electron chi connectivity index (χ2n) is 7.02. The molecule has 8 nitrogen and oxygen atoms in total. The summed E-state index contributed by atoms with van der Waals surface area (Å²) >= 11 is 1.68. The Balaban J connectivity index is 1.53. The summed E-state index contributed by atoms with van der Waals surface area (Å²) in [5, 5.41) is 8.40. The first-order valence-electron chi connectivity index (χ1n) is 9.69. The minimum absolute atomic E-state index is 0.175. The number of aromatic nitrogens is 4. The van der Waals surface area contributed by atoms with Crippen molar-refractivity contribution >= 4 is 29.0 Å². The van der Waals surface area contributed by atoms with Crippen LogP contribution in [0, 0.1) is 0 Å². The zero-order chi connectivity index (χ0) is 20.2. The summed E-state index contributed by atoms with van der Waals surface area (Å²) in [5.41, 5.74) is 0.748. The lowest BCUT2D eigenvalue weighted by atomic mass is 10.0. The number of anilines is 1. The normalized spacial score (nSPS) is 14.8. The van der Waals surface area contributed by atoms with Crippen molar-refractivity contribution < 1.29 is 9.53 Å². The third kappa shape index (κ3) is 4.45. The van der Waals surface area contributed by atoms with Crippen LogP contribution in [-0.2, 0) is 11.3 Å². The van der Waals surface area contributed by atoms with Gasteiger partial charge in [0.15, 0.2) is 5.65 Å². The largest absolute Gasteiger partial charge is 0.497 e. The SMILES string of the molecule is COc1cccc(NC(=O)Cn2nc3c(SC4CCCCC4)nccn3c2=O)c1. The molecule has 4 rings (SSSR count). The highest BCUT2D eigenvalue weighted by Gasteiger charge is 2.20. The molecular weight excluding hydrogens is 390 g/mol. The Bertz CT molecular complexity index is 1070. The number of nitrogens with zero attached hydrogens (tertiary/aromatic N) is 4. The molecular formula is C20H23N5O3S. The Labute approximate surface area is 172 Å². The number of hydrogen-bond acceptors (Lipinski definition) is 6. The van der Waals surface area contributed by atoms with Crippen molar-refractivity contribution in [3.8, 4) is 5.75 Å². The van der Waals surface area contributed by atoms with Gasteiger partial charge in [-0.3, -0.25) is 4.79 Å². The molecule has 0 atom stereocenters. The number of hydrogen-bond donors (Lipinski definition) is 1. The Kier molecular flexibility index (Phi) is 5.84. The minimum atomic E-state index is -0.353. The van der Waals surface area contributed by atoms with E-state index in [1.54, 1.807) is 55.5 Å². The molecule has 0 spiro atoms. The molecule has 1 aliphatic rings. The van der Waals surface area contributed by atoms with Crippen LogP contribution in [0.2, 0.25) is 0 Å². The van der Waals surface area contributed by atoms with Crippen LogP contribution in [0.3, 0.4) is 0 Å². The van der Waals surface area contributed by atoms with Crippen molar-refractivity contribution in [3.63, 3.8) is 0 Å². The lowest BCUT2D eigenvalue weighted by Gasteiger charge is -2.20. The molecule has 1 aromatic carbocycles. The maximum absolute atomic E-state index is 12.7. The third-order valence-electron chi connectivity index (χ3n) is 4.95. The van der Waals surface area contributed by atoms with E-state index in [9.17, 15) is 9.59 Å². The molecule has 29 heavy (non-hydrogen) atoms. The Morgan fingerprint density at radius 3 is 2.93 bits per heavy atom. The lowest BCUT2D eigenvalue weighted by molar-refractivity contribution is -0.117. The number of methoxy groups -OCH3 is 1. The van der Waals surface area contributed by atoms with E-state index in [2.05, 4.69) is 15.4 Å². The number of fused-ring (bicyclic) bond motifs is 1. The number of amides is 1. The fraction of sp³-hybridized carbons (Fsp3) is 0.400. The van der Waals surface area contributed by atoms with E-state index in [-0.39, 0.29) is 18.1 Å². The monoisotopic (exact) mass is 413 g/mol. The summed E-state index contributed by atoms with van der Waals surface area (Å²) in [5.74, 6) is 0.307. The van der Waals surface area contributed by atoms with E-state index >= 15 is 0 Å². The summed E-state index contributed by atoms with van der Waals surface area (Å²) in [6.07, 6.45) is 9.25. The van der Waals surface area contributed by atoms with Gasteiger partial charge in [0, 0.05) is 29.4 Å². The van der Waals surface area contributed by atoms with Crippen LogP contribution in [-0.4, -0.2) is 37.4 Å². The van der Waals surface area contributed by atoms with E-state index in [1.807, 2.05) is 0 Å². The molecule has 0 unspecified atom stereocenters. The predicted octanol–water partition coefficient (Wildman–Crippen LogP) is 2.96. The minimum Gasteiger partial charge on any atom is -0.497 e. The smallest absolute Gasteiger partial charge is 0.350 e. The number of nitrogens with one attached hydrogen (secondary N) is 1. The third-order valence-corrected chi connectivity index (χ3v) is 6.26. The predicted molar refractivity (Wildman–Crippen MR) is 112 cm³/mol. The summed E-state index contributed by atoms with van der Waals surface area (Å²) < 4.78 is 7.79. The lowest BCUT2D eigenvalue weighted by Crippen LogP contribution is -2.28. The first kappa shape index (κ1) is 19.5. The van der Waals surface area contributed by atoms with Crippen LogP contribution >= 0.6 is 11.8 Å². The molecule has 1 aliphatic carbocycles. The topological polar surface area (TPSA) is 90.5 Å². The van der Waals surface area contributed by atoms with Gasteiger partial charge in [-0.1, -0.05) is 37.1 Å². The van der Waals surface area contributed by atoms with Gasteiger partial charge in [0.25, 0.3) is 0 Å². The molecule has 2 aromatic heterocycles. The Hall–Kier alpha value is -2.81. The average Bonchev–Trinajstić information content (AvgIpc) is 3.05. The van der Waals surface area contributed by atoms with E-state index in [0.29, 0.717) is 22.3 Å². The van der Waals surface area contributed by atoms with Crippen LogP contribution < -0.4 is 15.7 Å². The zero-order valence-electron chi connectivity index (χ0n) is 16.2. The van der Waals surface area contributed by atoms with Crippen molar-refractivity contribution in [2.24, 2.45) is 0 Å². The van der Waals surface area contributed by atoms with E-state index < -0.39 is 0 Å². The summed E-state index contributed by atoms with van der Waals surface area (Å²) in [4.78, 5) is 29.6. The molecule has 1 fully saturated rings. The van der Waals surface area contributed by atoms with Crippen molar-refractivity contribution in [2.75, 3.05) is 12.4 Å². The molecule has 2 heterocycles. The van der Waals surface area contributed by atoms with Gasteiger partial charge >= 0.3 is 5.69 Å². The molecule has 1 N–H and O–H groups in total. The van der Waals surface area contributed by atoms with Gasteiger partial charge in [0.05, 0.1) is 7.11 Å². The number of carbonyl (C=O) groups is 1. The highest BCUT2D eigenvalue weighted by atomic mass is 32.2. The molecule has 0 saturated heterocycles. The molecule has 9 heteroatoms. The van der Waals surface area contributed by atoms with Gasteiger partial charge in [0.1, 0.15) is 17.3 Å². The fourth-order valence-electron chi connectivity index (χ4n) is 3.49. The molecule has 0 bridgehead atoms. The number of carbonyl (C=O) groups excluding carboxylic acids is 1. The van der Waals surface area contributed by atoms with Crippen LogP contribution in [0.15, 0.2) is 46.5 Å². The number of rotatable bonds is 6. The summed E-state index contributed by atoms with van der Waals surface area (Å²) in [7, 11) is 1.56. The maximum atomic E-state index is 12.7. The van der Waals surface area contributed by atoms with Crippen molar-refractivity contribution in [1.82, 2.24) is 19.2 Å². The highest BCUT2D eigenvalue weighted by molar-refractivity contribution is 8.00. The Morgan fingerprint density at radius 1 is 1.31 bits per heavy atom. The molecule has 3 aromatic rings. The first-order chi connectivity index (χ1) is 14.1. The average molecular weight is 414 g/mol. The van der Waals surface area contributed by atoms with Gasteiger partial charge in [-0.15, -0.1) is 5.10 Å². The number of thioether (sulfide) groups is 1. The maximum Gasteiger partial charge on any atom is 0.350 e. The standard InChI is InChI=1S/C20H23N5O3S/c1-28-15-7-5-6-14(12-15)22-17(26)13-25-20(27)24-11-10-21-19(18(24)23-25)29-16-8-3-2-4-9-16/h5-7,10-12,16H,2-4,8-9,13H2,1H3,(H,22,26). The molecule has 1 saturated carbocycles. The number of ether oxygens (including phenoxy) is 1. The second-order valence-corrected chi connectivity index (χ2v) is 8.31. The first-order valence-corrected chi connectivity index (χ1v) is 10.6. The zero-order valence-corrected chi connectivity index (χ0v) is 17.0. The molecule has 152 valence electrons. The van der Waals surface area contributed by atoms with E-state index in [0.717, 1.165) is 17.9 Å². The van der Waals surface area contributed by atoms with Gasteiger partial charge in [-0.05, 0) is 25.0 Å². The van der Waals surface area contributed by atoms with E-state index in [4.69, 9.17) is 4.74 Å². The van der Waals surface area contributed by atoms with Crippen molar-refractivity contribution in [2.45, 2.75) is 48.9 Å². The van der Waals surface area contributed by atoms with Crippen molar-refractivity contribution in [1.29, 1.82) is 0 Å². The quantitative estimate of drug-likeness (QED) is 0.668. The van der Waals surface area contributed by atoms with Crippen LogP contribution in [0.5, 0.6) is 5.75 Å². The van der Waals surface area contributed by atoms with Crippen molar-refractivity contribution in [3.05, 3.63) is 47.1 Å². The van der Waals surface area contributed by atoms with Crippen LogP contribution in [0.25, 0.3) is 5.65 Å². The van der Waals surface area contributed by atoms with Crippen LogP contribution in [0.4, 0.5) is 5.69 Å². The number of benzene rings is 1. The molecule has 0 radical (unpaired) electrons. The van der Waals surface area contributed by atoms with E-state index in [1.165, 1.54) is 28.3 Å². The Morgan fingerprint density at radius 2 is 2.14 bits per heavy atom. The van der Waals surface area contributed by atoms with Crippen LogP contribution in [0.1, 0.15) is 32.1 Å². The summed E-state index contributed by atoms with van der Waals surface area (Å²) in [6, 6.07) is 7.05. The highest BCUT2D eigenvalue weighted by Crippen LogP contribution is 2.33. The molecule has 1 amide bonds. The van der Waals surface area contributed by atoms with Gasteiger partial charge in [-0.25, -0.2) is 18.9 Å².